The molecule has 0 spiro atoms. The molecule has 1 rings (SSSR count). The van der Waals surface area contributed by atoms with Crippen LogP contribution in [0.2, 0.25) is 10.0 Å². The van der Waals surface area contributed by atoms with Crippen LogP contribution < -0.4 is 0 Å². The minimum atomic E-state index is 0.629. The Morgan fingerprint density at radius 3 is 2.08 bits per heavy atom. The van der Waals surface area contributed by atoms with Crippen molar-refractivity contribution in [3.05, 3.63) is 33.3 Å². The first-order valence-corrected chi connectivity index (χ1v) is 9.69. The van der Waals surface area contributed by atoms with Gasteiger partial charge < -0.3 is 0 Å². The molecular weight excluding hydrogens is 275 g/mol. The molecule has 0 aliphatic heterocycles. The summed E-state index contributed by atoms with van der Waals surface area (Å²) in [7, 11) is 1.12. The Morgan fingerprint density at radius 2 is 1.67 bits per heavy atom. The van der Waals surface area contributed by atoms with Crippen LogP contribution in [-0.2, 0) is 0 Å². The van der Waals surface area contributed by atoms with Gasteiger partial charge in [0.1, 0.15) is 0 Å². The molecule has 1 aromatic rings. The molecule has 4 heteroatoms. The topological polar surface area (TPSA) is 0 Å². The highest BCUT2D eigenvalue weighted by atomic mass is 79.9. The summed E-state index contributed by atoms with van der Waals surface area (Å²) >= 11 is 14.7. The highest BCUT2D eigenvalue weighted by molar-refractivity contribution is 9.22. The summed E-state index contributed by atoms with van der Waals surface area (Å²) in [5.74, 6) is 0. The molecule has 68 valence electrons. The second kappa shape index (κ2) is 6.03. The van der Waals surface area contributed by atoms with Gasteiger partial charge in [0.25, 0.3) is 0 Å². The van der Waals surface area contributed by atoms with Gasteiger partial charge >= 0.3 is 0 Å². The predicted molar refractivity (Wildman–Crippen MR) is 64.8 cm³/mol. The van der Waals surface area contributed by atoms with Crippen molar-refractivity contribution in [1.82, 2.24) is 0 Å². The van der Waals surface area contributed by atoms with E-state index in [1.165, 1.54) is 5.56 Å². The number of benzene rings is 1. The largest absolute Gasteiger partial charge is 0.140 e. The van der Waals surface area contributed by atoms with Crippen molar-refractivity contribution in [1.29, 1.82) is 0 Å². The van der Waals surface area contributed by atoms with Crippen LogP contribution in [0, 0.1) is 13.8 Å². The first-order valence-electron chi connectivity index (χ1n) is 3.42. The Morgan fingerprint density at radius 1 is 1.17 bits per heavy atom. The van der Waals surface area contributed by atoms with E-state index in [0.717, 1.165) is 14.4 Å². The minimum Gasteiger partial charge on any atom is -0.140 e. The quantitative estimate of drug-likeness (QED) is 0.507. The molecule has 0 saturated carbocycles. The van der Waals surface area contributed by atoms with E-state index in [1.54, 1.807) is 0 Å². The molecule has 0 unspecified atom stereocenters. The fourth-order valence-corrected chi connectivity index (χ4v) is 1.17. The third kappa shape index (κ3) is 3.09. The summed E-state index contributed by atoms with van der Waals surface area (Å²) in [5.41, 5.74) is 2.24. The van der Waals surface area contributed by atoms with Crippen LogP contribution in [0.1, 0.15) is 11.1 Å². The number of halogens is 3. The van der Waals surface area contributed by atoms with Gasteiger partial charge in [0.05, 0.1) is 18.9 Å². The lowest BCUT2D eigenvalue weighted by Crippen LogP contribution is -1.81. The second-order valence-corrected chi connectivity index (χ2v) is 3.09. The van der Waals surface area contributed by atoms with Crippen LogP contribution in [0.15, 0.2) is 12.1 Å². The van der Waals surface area contributed by atoms with E-state index in [0.29, 0.717) is 10.0 Å². The van der Waals surface area contributed by atoms with Gasteiger partial charge in [-0.1, -0.05) is 29.3 Å². The molecule has 0 fully saturated rings. The van der Waals surface area contributed by atoms with E-state index in [9.17, 15) is 0 Å². The molecule has 0 nitrogen and oxygen atoms in total. The summed E-state index contributed by atoms with van der Waals surface area (Å²) < 4.78 is 0. The van der Waals surface area contributed by atoms with Gasteiger partial charge in [0, 0.05) is 0 Å². The zero-order chi connectivity index (χ0) is 9.72. The van der Waals surface area contributed by atoms with Crippen LogP contribution in [0.25, 0.3) is 0 Å². The smallest absolute Gasteiger partial charge is 0.0825 e. The highest BCUT2D eigenvalue weighted by Crippen LogP contribution is 2.26. The fraction of sp³-hybridized carbons (Fsp3) is 0.250. The summed E-state index contributed by atoms with van der Waals surface area (Å²) in [5, 5.41) is 1.30. The Hall–Kier alpha value is 0.497. The average Bonchev–Trinajstić information content (AvgIpc) is 2.12. The van der Waals surface area contributed by atoms with Crippen molar-refractivity contribution in [2.45, 2.75) is 13.8 Å². The van der Waals surface area contributed by atoms with Crippen molar-refractivity contribution >= 4 is 47.4 Å². The van der Waals surface area contributed by atoms with E-state index in [2.05, 4.69) is 15.3 Å². The molecule has 0 saturated heterocycles. The zero-order valence-corrected chi connectivity index (χ0v) is 12.4. The normalized spacial score (nSPS) is 9.08. The Kier molecular flexibility index (Phi) is 6.28. The molecule has 0 heterocycles. The Labute approximate surface area is 94.3 Å². The monoisotopic (exact) mass is 284 g/mol. The van der Waals surface area contributed by atoms with Gasteiger partial charge in [-0.3, -0.25) is 0 Å². The third-order valence-corrected chi connectivity index (χ3v) is 2.51. The Bertz CT molecular complexity index is 236. The zero-order valence-electron chi connectivity index (χ0n) is 7.29. The number of hydrogen-bond acceptors (Lipinski definition) is 0. The lowest BCUT2D eigenvalue weighted by molar-refractivity contribution is 1.34. The molecule has 0 amide bonds. The van der Waals surface area contributed by atoms with Crippen molar-refractivity contribution < 1.29 is 0 Å². The van der Waals surface area contributed by atoms with Gasteiger partial charge in [0.15, 0.2) is 0 Å². The van der Waals surface area contributed by atoms with Gasteiger partial charge in [-0.25, -0.2) is 0 Å². The van der Waals surface area contributed by atoms with Gasteiger partial charge in [0.2, 0.25) is 0 Å². The summed E-state index contributed by atoms with van der Waals surface area (Å²) in [4.78, 5) is 0. The first-order chi connectivity index (χ1) is 5.63. The SMILES string of the molecule is Cc1ccc(Cl)c(Cl)c1C.[SiH3]Br. The van der Waals surface area contributed by atoms with Crippen LogP contribution >= 0.6 is 38.5 Å². The van der Waals surface area contributed by atoms with Crippen LogP contribution in [0.4, 0.5) is 0 Å². The van der Waals surface area contributed by atoms with E-state index in [-0.39, 0.29) is 0 Å². The van der Waals surface area contributed by atoms with Crippen molar-refractivity contribution in [2.75, 3.05) is 0 Å². The molecule has 0 radical (unpaired) electrons. The molecule has 0 bridgehead atoms. The van der Waals surface area contributed by atoms with Gasteiger partial charge in [-0.05, 0) is 31.0 Å². The van der Waals surface area contributed by atoms with Crippen molar-refractivity contribution in [3.63, 3.8) is 0 Å². The van der Waals surface area contributed by atoms with Crippen LogP contribution in [-0.4, -0.2) is 8.86 Å². The molecule has 0 N–H and O–H groups in total. The van der Waals surface area contributed by atoms with Gasteiger partial charge in [-0.15, -0.1) is 15.3 Å². The molecule has 0 aliphatic rings. The van der Waals surface area contributed by atoms with Crippen molar-refractivity contribution in [2.24, 2.45) is 0 Å². The summed E-state index contributed by atoms with van der Waals surface area (Å²) in [6.45, 7) is 3.97. The standard InChI is InChI=1S/C8H8Cl2.BrH3Si/c1-5-3-4-7(9)8(10)6(5)2;1-2/h3-4H,1-2H3;2H3. The minimum absolute atomic E-state index is 0.629. The first kappa shape index (κ1) is 12.5. The van der Waals surface area contributed by atoms with Crippen molar-refractivity contribution in [3.8, 4) is 0 Å². The predicted octanol–water partition coefficient (Wildman–Crippen LogP) is 3.27. The average molecular weight is 286 g/mol. The van der Waals surface area contributed by atoms with E-state index in [4.69, 9.17) is 23.2 Å². The third-order valence-electron chi connectivity index (χ3n) is 1.61. The summed E-state index contributed by atoms with van der Waals surface area (Å²) in [6.07, 6.45) is 0. The number of aryl methyl sites for hydroxylation is 1. The Balaban J connectivity index is 0.000000561. The lowest BCUT2D eigenvalue weighted by Gasteiger charge is -2.02. The molecule has 0 aliphatic carbocycles. The maximum absolute atomic E-state index is 5.85. The fourth-order valence-electron chi connectivity index (χ4n) is 0.749. The molecule has 12 heavy (non-hydrogen) atoms. The number of hydrogen-bond donors (Lipinski definition) is 0. The molecular formula is C8H11BrCl2Si. The van der Waals surface area contributed by atoms with Crippen LogP contribution in [0.5, 0.6) is 0 Å². The maximum atomic E-state index is 5.85. The highest BCUT2D eigenvalue weighted by Gasteiger charge is 2.01. The van der Waals surface area contributed by atoms with E-state index < -0.39 is 0 Å². The second-order valence-electron chi connectivity index (χ2n) is 2.30. The van der Waals surface area contributed by atoms with Crippen LogP contribution in [0.3, 0.4) is 0 Å². The molecule has 1 aromatic carbocycles. The lowest BCUT2D eigenvalue weighted by atomic mass is 10.1. The maximum Gasteiger partial charge on any atom is 0.0825 e. The van der Waals surface area contributed by atoms with E-state index >= 15 is 0 Å². The van der Waals surface area contributed by atoms with Gasteiger partial charge in [-0.2, -0.15) is 0 Å². The number of rotatable bonds is 0. The summed E-state index contributed by atoms with van der Waals surface area (Å²) in [6, 6.07) is 3.77. The molecule has 0 atom stereocenters. The van der Waals surface area contributed by atoms with E-state index in [1.807, 2.05) is 26.0 Å². The molecule has 0 aromatic heterocycles.